The maximum atomic E-state index is 12.1. The predicted molar refractivity (Wildman–Crippen MR) is 84.9 cm³/mol. The lowest BCUT2D eigenvalue weighted by molar-refractivity contribution is -0.122. The third kappa shape index (κ3) is 3.21. The number of hydrogen-bond donors (Lipinski definition) is 2. The van der Waals surface area contributed by atoms with Crippen LogP contribution in [-0.4, -0.2) is 20.7 Å². The monoisotopic (exact) mass is 297 g/mol. The summed E-state index contributed by atoms with van der Waals surface area (Å²) in [7, 11) is 0. The van der Waals surface area contributed by atoms with Gasteiger partial charge in [-0.3, -0.25) is 4.79 Å². The van der Waals surface area contributed by atoms with Crippen molar-refractivity contribution in [1.29, 1.82) is 0 Å². The molecule has 3 N–H and O–H groups in total. The fourth-order valence-corrected chi connectivity index (χ4v) is 2.73. The zero-order chi connectivity index (χ0) is 15.5. The summed E-state index contributed by atoms with van der Waals surface area (Å²) in [4.78, 5) is 24.7. The van der Waals surface area contributed by atoms with E-state index in [1.165, 1.54) is 0 Å². The molecule has 1 aromatic carbocycles. The molecule has 1 fully saturated rings. The van der Waals surface area contributed by atoms with Crippen LogP contribution in [0.25, 0.3) is 0 Å². The van der Waals surface area contributed by atoms with E-state index in [9.17, 15) is 4.79 Å². The zero-order valence-corrected chi connectivity index (χ0v) is 12.5. The van der Waals surface area contributed by atoms with E-state index < -0.39 is 0 Å². The highest BCUT2D eigenvalue weighted by Gasteiger charge is 2.27. The molecule has 114 valence electrons. The van der Waals surface area contributed by atoms with Crippen LogP contribution in [0.2, 0.25) is 0 Å². The summed E-state index contributed by atoms with van der Waals surface area (Å²) >= 11 is 0. The number of aromatic nitrogens is 3. The van der Waals surface area contributed by atoms with Gasteiger partial charge in [0.25, 0.3) is 0 Å². The highest BCUT2D eigenvalue weighted by molar-refractivity contribution is 5.85. The SMILES string of the molecule is Cc1cccc(Nc2nc(N)nc(C3CCCCC3=O)n2)c1. The average molecular weight is 297 g/mol. The molecule has 1 unspecified atom stereocenters. The van der Waals surface area contributed by atoms with Gasteiger partial charge in [-0.25, -0.2) is 0 Å². The van der Waals surface area contributed by atoms with Crippen molar-refractivity contribution in [2.24, 2.45) is 0 Å². The summed E-state index contributed by atoms with van der Waals surface area (Å²) in [6, 6.07) is 7.89. The van der Waals surface area contributed by atoms with Gasteiger partial charge in [-0.05, 0) is 37.5 Å². The molecule has 22 heavy (non-hydrogen) atoms. The number of nitrogens with zero attached hydrogens (tertiary/aromatic N) is 3. The minimum Gasteiger partial charge on any atom is -0.368 e. The second-order valence-electron chi connectivity index (χ2n) is 5.63. The molecule has 0 bridgehead atoms. The Morgan fingerprint density at radius 2 is 2.09 bits per heavy atom. The van der Waals surface area contributed by atoms with Gasteiger partial charge < -0.3 is 11.1 Å². The van der Waals surface area contributed by atoms with Crippen molar-refractivity contribution in [1.82, 2.24) is 15.0 Å². The number of hydrogen-bond acceptors (Lipinski definition) is 6. The smallest absolute Gasteiger partial charge is 0.232 e. The summed E-state index contributed by atoms with van der Waals surface area (Å²) in [6.45, 7) is 2.01. The van der Waals surface area contributed by atoms with Gasteiger partial charge in [0.05, 0.1) is 5.92 Å². The van der Waals surface area contributed by atoms with E-state index in [-0.39, 0.29) is 17.6 Å². The standard InChI is InChI=1S/C16H19N5O/c1-10-5-4-6-11(9-10)18-16-20-14(19-15(17)21-16)12-7-2-3-8-13(12)22/h4-6,9,12H,2-3,7-8H2,1H3,(H3,17,18,19,20,21). The van der Waals surface area contributed by atoms with Crippen molar-refractivity contribution < 1.29 is 4.79 Å². The minimum atomic E-state index is -0.253. The molecule has 6 nitrogen and oxygen atoms in total. The molecule has 1 aliphatic carbocycles. The molecule has 2 aromatic rings. The van der Waals surface area contributed by atoms with Crippen LogP contribution in [0.4, 0.5) is 17.6 Å². The number of Topliss-reactive ketones (excluding diaryl/α,β-unsaturated/α-hetero) is 1. The molecule has 1 saturated carbocycles. The topological polar surface area (TPSA) is 93.8 Å². The molecular formula is C16H19N5O. The van der Waals surface area contributed by atoms with E-state index in [4.69, 9.17) is 5.73 Å². The van der Waals surface area contributed by atoms with E-state index in [1.807, 2.05) is 31.2 Å². The number of rotatable bonds is 3. The quantitative estimate of drug-likeness (QED) is 0.904. The van der Waals surface area contributed by atoms with Gasteiger partial charge in [-0.15, -0.1) is 0 Å². The van der Waals surface area contributed by atoms with Gasteiger partial charge in [0.1, 0.15) is 11.6 Å². The summed E-state index contributed by atoms with van der Waals surface area (Å²) in [5.74, 6) is 0.938. The zero-order valence-electron chi connectivity index (χ0n) is 12.5. The van der Waals surface area contributed by atoms with Crippen molar-refractivity contribution in [2.75, 3.05) is 11.1 Å². The molecule has 1 aromatic heterocycles. The fraction of sp³-hybridized carbons (Fsp3) is 0.375. The summed E-state index contributed by atoms with van der Waals surface area (Å²) in [5.41, 5.74) is 7.80. The van der Waals surface area contributed by atoms with Crippen LogP contribution in [0.5, 0.6) is 0 Å². The average Bonchev–Trinajstić information content (AvgIpc) is 2.47. The van der Waals surface area contributed by atoms with Crippen LogP contribution in [0.15, 0.2) is 24.3 Å². The number of anilines is 3. The van der Waals surface area contributed by atoms with Crippen LogP contribution in [-0.2, 0) is 4.79 Å². The molecular weight excluding hydrogens is 278 g/mol. The largest absolute Gasteiger partial charge is 0.368 e. The van der Waals surface area contributed by atoms with Crippen LogP contribution in [0, 0.1) is 6.92 Å². The maximum Gasteiger partial charge on any atom is 0.232 e. The molecule has 1 heterocycles. The first-order chi connectivity index (χ1) is 10.6. The van der Waals surface area contributed by atoms with Gasteiger partial charge in [-0.1, -0.05) is 18.6 Å². The number of nitrogen functional groups attached to an aromatic ring is 1. The Hall–Kier alpha value is -2.50. The number of aryl methyl sites for hydroxylation is 1. The van der Waals surface area contributed by atoms with Crippen molar-refractivity contribution in [3.8, 4) is 0 Å². The Bertz CT molecular complexity index is 701. The number of nitrogens with one attached hydrogen (secondary N) is 1. The summed E-state index contributed by atoms with van der Waals surface area (Å²) in [5, 5.41) is 3.13. The van der Waals surface area contributed by atoms with Crippen molar-refractivity contribution in [3.63, 3.8) is 0 Å². The molecule has 0 saturated heterocycles. The Balaban J connectivity index is 1.88. The Kier molecular flexibility index (Phi) is 4.00. The van der Waals surface area contributed by atoms with Crippen molar-refractivity contribution in [3.05, 3.63) is 35.7 Å². The second-order valence-corrected chi connectivity index (χ2v) is 5.63. The second kappa shape index (κ2) is 6.09. The van der Waals surface area contributed by atoms with Gasteiger partial charge in [0.15, 0.2) is 0 Å². The molecule has 0 aliphatic heterocycles. The molecule has 0 spiro atoms. The number of carbonyl (C=O) groups is 1. The first-order valence-corrected chi connectivity index (χ1v) is 7.49. The highest BCUT2D eigenvalue weighted by Crippen LogP contribution is 2.28. The van der Waals surface area contributed by atoms with E-state index >= 15 is 0 Å². The Morgan fingerprint density at radius 1 is 1.23 bits per heavy atom. The Labute approximate surface area is 129 Å². The normalized spacial score (nSPS) is 18.2. The molecule has 3 rings (SSSR count). The van der Waals surface area contributed by atoms with Crippen LogP contribution in [0.1, 0.15) is 43.0 Å². The molecule has 0 radical (unpaired) electrons. The van der Waals surface area contributed by atoms with Crippen LogP contribution in [0.3, 0.4) is 0 Å². The predicted octanol–water partition coefficient (Wildman–Crippen LogP) is 2.73. The lowest BCUT2D eigenvalue weighted by Crippen LogP contribution is -2.21. The van der Waals surface area contributed by atoms with Crippen LogP contribution >= 0.6 is 0 Å². The maximum absolute atomic E-state index is 12.1. The van der Waals surface area contributed by atoms with Gasteiger partial charge in [0, 0.05) is 12.1 Å². The number of ketones is 1. The van der Waals surface area contributed by atoms with Crippen LogP contribution < -0.4 is 11.1 Å². The number of nitrogens with two attached hydrogens (primary N) is 1. The molecule has 6 heteroatoms. The number of carbonyl (C=O) groups excluding carboxylic acids is 1. The van der Waals surface area contributed by atoms with Gasteiger partial charge >= 0.3 is 0 Å². The molecule has 0 amide bonds. The van der Waals surface area contributed by atoms with Gasteiger partial charge in [-0.2, -0.15) is 15.0 Å². The van der Waals surface area contributed by atoms with E-state index in [2.05, 4.69) is 20.3 Å². The minimum absolute atomic E-state index is 0.138. The first-order valence-electron chi connectivity index (χ1n) is 7.49. The van der Waals surface area contributed by atoms with Gasteiger partial charge in [0.2, 0.25) is 11.9 Å². The fourth-order valence-electron chi connectivity index (χ4n) is 2.73. The van der Waals surface area contributed by atoms with E-state index in [1.54, 1.807) is 0 Å². The molecule has 1 aliphatic rings. The van der Waals surface area contributed by atoms with Crippen molar-refractivity contribution >= 4 is 23.4 Å². The van der Waals surface area contributed by atoms with E-state index in [0.717, 1.165) is 30.5 Å². The third-order valence-electron chi connectivity index (χ3n) is 3.81. The Morgan fingerprint density at radius 3 is 2.86 bits per heavy atom. The lowest BCUT2D eigenvalue weighted by Gasteiger charge is -2.19. The van der Waals surface area contributed by atoms with Crippen molar-refractivity contribution in [2.45, 2.75) is 38.5 Å². The van der Waals surface area contributed by atoms with E-state index in [0.29, 0.717) is 18.2 Å². The summed E-state index contributed by atoms with van der Waals surface area (Å²) in [6.07, 6.45) is 3.34. The first kappa shape index (κ1) is 14.4. The number of benzene rings is 1. The summed E-state index contributed by atoms with van der Waals surface area (Å²) < 4.78 is 0. The molecule has 1 atom stereocenters. The highest BCUT2D eigenvalue weighted by atomic mass is 16.1. The lowest BCUT2D eigenvalue weighted by atomic mass is 9.87. The third-order valence-corrected chi connectivity index (χ3v) is 3.81.